The largest absolute Gasteiger partial charge is 0.378 e. The Bertz CT molecular complexity index is 661. The van der Waals surface area contributed by atoms with E-state index in [2.05, 4.69) is 5.32 Å². The number of hydrogen-bond acceptors (Lipinski definition) is 4. The molecule has 1 aromatic carbocycles. The molecule has 1 aliphatic rings. The van der Waals surface area contributed by atoms with Crippen molar-refractivity contribution >= 4 is 23.4 Å². The van der Waals surface area contributed by atoms with Crippen LogP contribution in [0.15, 0.2) is 24.3 Å². The fourth-order valence-corrected chi connectivity index (χ4v) is 2.37. The van der Waals surface area contributed by atoms with Gasteiger partial charge in [-0.2, -0.15) is 8.78 Å². The number of halogens is 2. The van der Waals surface area contributed by atoms with Gasteiger partial charge in [0.05, 0.1) is 31.0 Å². The van der Waals surface area contributed by atoms with E-state index >= 15 is 0 Å². The molecule has 0 aromatic heterocycles. The van der Waals surface area contributed by atoms with E-state index in [9.17, 15) is 23.2 Å². The van der Waals surface area contributed by atoms with Gasteiger partial charge in [0.15, 0.2) is 0 Å². The van der Waals surface area contributed by atoms with Crippen molar-refractivity contribution in [3.05, 3.63) is 29.8 Å². The van der Waals surface area contributed by atoms with Crippen LogP contribution in [-0.2, 0) is 25.0 Å². The van der Waals surface area contributed by atoms with Crippen LogP contribution in [0, 0.1) is 0 Å². The summed E-state index contributed by atoms with van der Waals surface area (Å²) in [5, 5.41) is 4.23. The molecule has 2 N–H and O–H groups in total. The first-order chi connectivity index (χ1) is 11.8. The van der Waals surface area contributed by atoms with Crippen LogP contribution >= 0.6 is 0 Å². The number of amides is 3. The average Bonchev–Trinajstić information content (AvgIpc) is 2.59. The van der Waals surface area contributed by atoms with E-state index in [1.165, 1.54) is 30.0 Å². The van der Waals surface area contributed by atoms with Crippen molar-refractivity contribution in [1.82, 2.24) is 10.2 Å². The van der Waals surface area contributed by atoms with Gasteiger partial charge in [-0.1, -0.05) is 18.2 Å². The van der Waals surface area contributed by atoms with Gasteiger partial charge in [0.25, 0.3) is 5.91 Å². The summed E-state index contributed by atoms with van der Waals surface area (Å²) in [6.07, 6.45) is 0. The number of carbonyl (C=O) groups is 3. The summed E-state index contributed by atoms with van der Waals surface area (Å²) >= 11 is 0. The van der Waals surface area contributed by atoms with Crippen LogP contribution in [0.5, 0.6) is 0 Å². The third-order valence-electron chi connectivity index (χ3n) is 3.63. The summed E-state index contributed by atoms with van der Waals surface area (Å²) < 4.78 is 34.0. The van der Waals surface area contributed by atoms with Crippen molar-refractivity contribution in [2.45, 2.75) is 12.8 Å². The quantitative estimate of drug-likeness (QED) is 0.814. The molecule has 9 heteroatoms. The molecule has 1 aliphatic heterocycles. The zero-order valence-corrected chi connectivity index (χ0v) is 13.7. The second-order valence-electron chi connectivity index (χ2n) is 5.48. The molecule has 0 bridgehead atoms. The second-order valence-corrected chi connectivity index (χ2v) is 5.48. The van der Waals surface area contributed by atoms with Gasteiger partial charge in [-0.15, -0.1) is 0 Å². The highest BCUT2D eigenvalue weighted by molar-refractivity contribution is 5.94. The molecule has 1 aromatic rings. The summed E-state index contributed by atoms with van der Waals surface area (Å²) in [4.78, 5) is 36.4. The minimum absolute atomic E-state index is 0.158. The fourth-order valence-electron chi connectivity index (χ4n) is 2.37. The van der Waals surface area contributed by atoms with E-state index in [1.807, 2.05) is 5.32 Å². The molecule has 25 heavy (non-hydrogen) atoms. The maximum absolute atomic E-state index is 14.4. The lowest BCUT2D eigenvalue weighted by atomic mass is 10.1. The van der Waals surface area contributed by atoms with Gasteiger partial charge in [-0.3, -0.25) is 14.4 Å². The molecule has 1 heterocycles. The molecule has 0 atom stereocenters. The van der Waals surface area contributed by atoms with Crippen molar-refractivity contribution in [2.24, 2.45) is 0 Å². The SMILES string of the molecule is CC(=O)Nc1ccccc1C(F)(F)C(=O)NCC(=O)N1CCOCC1. The lowest BCUT2D eigenvalue weighted by Crippen LogP contribution is -2.48. The zero-order valence-electron chi connectivity index (χ0n) is 13.7. The Kier molecular flexibility index (Phi) is 6.02. The molecule has 1 saturated heterocycles. The first-order valence-electron chi connectivity index (χ1n) is 7.71. The Labute approximate surface area is 143 Å². The lowest BCUT2D eigenvalue weighted by molar-refractivity contribution is -0.149. The Balaban J connectivity index is 2.04. The average molecular weight is 355 g/mol. The Morgan fingerprint density at radius 1 is 1.20 bits per heavy atom. The van der Waals surface area contributed by atoms with Crippen LogP contribution in [-0.4, -0.2) is 55.5 Å². The minimum atomic E-state index is -3.90. The Morgan fingerprint density at radius 2 is 1.84 bits per heavy atom. The number of para-hydroxylation sites is 1. The highest BCUT2D eigenvalue weighted by atomic mass is 19.3. The van der Waals surface area contributed by atoms with Gasteiger partial charge in [-0.25, -0.2) is 0 Å². The number of nitrogens with one attached hydrogen (secondary N) is 2. The first kappa shape index (κ1) is 18.8. The topological polar surface area (TPSA) is 87.7 Å². The van der Waals surface area contributed by atoms with Crippen LogP contribution in [0.2, 0.25) is 0 Å². The number of morpholine rings is 1. The minimum Gasteiger partial charge on any atom is -0.378 e. The van der Waals surface area contributed by atoms with Crippen LogP contribution in [0.1, 0.15) is 12.5 Å². The third kappa shape index (κ3) is 4.72. The molecule has 1 fully saturated rings. The van der Waals surface area contributed by atoms with E-state index < -0.39 is 35.8 Å². The van der Waals surface area contributed by atoms with Crippen molar-refractivity contribution in [3.63, 3.8) is 0 Å². The molecular weight excluding hydrogens is 336 g/mol. The van der Waals surface area contributed by atoms with E-state index in [0.717, 1.165) is 6.07 Å². The van der Waals surface area contributed by atoms with Crippen molar-refractivity contribution in [2.75, 3.05) is 38.2 Å². The molecule has 3 amide bonds. The Hall–Kier alpha value is -2.55. The van der Waals surface area contributed by atoms with Crippen LogP contribution in [0.25, 0.3) is 0 Å². The van der Waals surface area contributed by atoms with E-state index in [4.69, 9.17) is 4.74 Å². The number of rotatable bonds is 5. The van der Waals surface area contributed by atoms with Crippen LogP contribution < -0.4 is 10.6 Å². The third-order valence-corrected chi connectivity index (χ3v) is 3.63. The maximum atomic E-state index is 14.4. The zero-order chi connectivity index (χ0) is 18.4. The summed E-state index contributed by atoms with van der Waals surface area (Å²) in [6.45, 7) is 2.11. The molecule has 7 nitrogen and oxygen atoms in total. The van der Waals surface area contributed by atoms with Gasteiger partial charge in [0.2, 0.25) is 11.8 Å². The standard InChI is InChI=1S/C16H19F2N3O4/c1-11(22)20-13-5-3-2-4-12(13)16(17,18)15(24)19-10-14(23)21-6-8-25-9-7-21/h2-5H,6-10H2,1H3,(H,19,24)(H,20,22). The van der Waals surface area contributed by atoms with Crippen molar-refractivity contribution in [1.29, 1.82) is 0 Å². The molecule has 0 aliphatic carbocycles. The van der Waals surface area contributed by atoms with Crippen LogP contribution in [0.3, 0.4) is 0 Å². The highest BCUT2D eigenvalue weighted by Gasteiger charge is 2.43. The summed E-state index contributed by atoms with van der Waals surface area (Å²) in [5.41, 5.74) is -0.795. The number of benzene rings is 1. The van der Waals surface area contributed by atoms with Gasteiger partial charge in [0.1, 0.15) is 0 Å². The highest BCUT2D eigenvalue weighted by Crippen LogP contribution is 2.33. The monoisotopic (exact) mass is 355 g/mol. The number of alkyl halides is 2. The van der Waals surface area contributed by atoms with Crippen LogP contribution in [0.4, 0.5) is 14.5 Å². The smallest absolute Gasteiger partial charge is 0.351 e. The van der Waals surface area contributed by atoms with Crippen molar-refractivity contribution < 1.29 is 27.9 Å². The molecule has 0 unspecified atom stereocenters. The summed E-state index contributed by atoms with van der Waals surface area (Å²) in [6, 6.07) is 5.12. The number of hydrogen-bond donors (Lipinski definition) is 2. The second kappa shape index (κ2) is 8.02. The summed E-state index contributed by atoms with van der Waals surface area (Å²) in [7, 11) is 0. The summed E-state index contributed by atoms with van der Waals surface area (Å²) in [5.74, 6) is -6.50. The number of nitrogens with zero attached hydrogens (tertiary/aromatic N) is 1. The van der Waals surface area contributed by atoms with Gasteiger partial charge in [-0.05, 0) is 6.07 Å². The predicted molar refractivity (Wildman–Crippen MR) is 85.0 cm³/mol. The van der Waals surface area contributed by atoms with E-state index in [0.29, 0.717) is 26.3 Å². The number of anilines is 1. The predicted octanol–water partition coefficient (Wildman–Crippen LogP) is 0.712. The normalized spacial score (nSPS) is 14.8. The van der Waals surface area contributed by atoms with Gasteiger partial charge >= 0.3 is 5.92 Å². The molecule has 0 radical (unpaired) electrons. The molecule has 2 rings (SSSR count). The number of ether oxygens (including phenoxy) is 1. The molecule has 0 saturated carbocycles. The molecule has 0 spiro atoms. The Morgan fingerprint density at radius 3 is 2.48 bits per heavy atom. The van der Waals surface area contributed by atoms with E-state index in [1.54, 1.807) is 0 Å². The fraction of sp³-hybridized carbons (Fsp3) is 0.438. The first-order valence-corrected chi connectivity index (χ1v) is 7.71. The van der Waals surface area contributed by atoms with Crippen molar-refractivity contribution in [3.8, 4) is 0 Å². The van der Waals surface area contributed by atoms with Gasteiger partial charge < -0.3 is 20.3 Å². The lowest BCUT2D eigenvalue weighted by Gasteiger charge is -2.27. The number of carbonyl (C=O) groups excluding carboxylic acids is 3. The molecule has 136 valence electrons. The van der Waals surface area contributed by atoms with Gasteiger partial charge in [0, 0.05) is 20.0 Å². The van der Waals surface area contributed by atoms with E-state index in [-0.39, 0.29) is 5.69 Å². The maximum Gasteiger partial charge on any atom is 0.351 e. The molecular formula is C16H19F2N3O4.